The maximum Gasteiger partial charge on any atom is 0.283 e. The summed E-state index contributed by atoms with van der Waals surface area (Å²) in [5, 5.41) is 0. The van der Waals surface area contributed by atoms with Gasteiger partial charge in [0.1, 0.15) is 17.2 Å². The number of allylic oxidation sites excluding steroid dienone is 1. The van der Waals surface area contributed by atoms with E-state index < -0.39 is 0 Å². The number of nitrogens with zero attached hydrogens (tertiary/aromatic N) is 2. The Morgan fingerprint density at radius 1 is 1.06 bits per heavy atom. The van der Waals surface area contributed by atoms with E-state index in [0.717, 1.165) is 16.0 Å². The van der Waals surface area contributed by atoms with E-state index in [-0.39, 0.29) is 5.91 Å². The predicted molar refractivity (Wildman–Crippen MR) is 124 cm³/mol. The number of amides is 1. The fraction of sp³-hybridized carbons (Fsp3) is 0.120. The quantitative estimate of drug-likeness (QED) is 0.347. The average Bonchev–Trinajstić information content (AvgIpc) is 3.11. The molecule has 0 spiro atoms. The number of carbonyl (C=O) groups excluding carboxylic acids is 1. The Balaban J connectivity index is 1.75. The molecule has 1 amide bonds. The maximum absolute atomic E-state index is 13.1. The van der Waals surface area contributed by atoms with Gasteiger partial charge >= 0.3 is 0 Å². The molecule has 0 atom stereocenters. The first-order valence-electron chi connectivity index (χ1n) is 9.97. The number of rotatable bonds is 7. The summed E-state index contributed by atoms with van der Waals surface area (Å²) in [5.41, 5.74) is 1.39. The van der Waals surface area contributed by atoms with Crippen molar-refractivity contribution in [3.63, 3.8) is 0 Å². The fourth-order valence-corrected chi connectivity index (χ4v) is 4.26. The molecule has 1 aromatic heterocycles. The van der Waals surface area contributed by atoms with Crippen molar-refractivity contribution in [1.29, 1.82) is 0 Å². The largest absolute Gasteiger partial charge is 0.494 e. The molecule has 0 N–H and O–H groups in total. The van der Waals surface area contributed by atoms with Gasteiger partial charge in [0.15, 0.2) is 4.80 Å². The minimum atomic E-state index is -0.360. The van der Waals surface area contributed by atoms with E-state index >= 15 is 0 Å². The van der Waals surface area contributed by atoms with Gasteiger partial charge in [0, 0.05) is 6.54 Å². The standard InChI is InChI=1S/C25H22N2O3S/c1-3-16-27-21-15-14-19(29-4-2)17-23(21)31-25(27)26-24(28)20-12-8-9-13-22(20)30-18-10-6-5-7-11-18/h3,5-15,17H,1,4,16H2,2H3. The van der Waals surface area contributed by atoms with Gasteiger partial charge in [-0.05, 0) is 49.4 Å². The smallest absolute Gasteiger partial charge is 0.283 e. The zero-order valence-corrected chi connectivity index (χ0v) is 18.0. The Bertz CT molecular complexity index is 1290. The lowest BCUT2D eigenvalue weighted by Gasteiger charge is -2.08. The van der Waals surface area contributed by atoms with Gasteiger partial charge in [-0.25, -0.2) is 0 Å². The van der Waals surface area contributed by atoms with E-state index in [4.69, 9.17) is 9.47 Å². The van der Waals surface area contributed by atoms with Crippen LogP contribution in [0.25, 0.3) is 10.2 Å². The van der Waals surface area contributed by atoms with Crippen LogP contribution in [0.15, 0.2) is 90.4 Å². The van der Waals surface area contributed by atoms with Gasteiger partial charge < -0.3 is 14.0 Å². The Morgan fingerprint density at radius 3 is 2.61 bits per heavy atom. The van der Waals surface area contributed by atoms with Crippen molar-refractivity contribution in [2.45, 2.75) is 13.5 Å². The Kier molecular flexibility index (Phi) is 6.29. The van der Waals surface area contributed by atoms with Crippen molar-refractivity contribution in [2.24, 2.45) is 4.99 Å². The molecule has 5 nitrogen and oxygen atoms in total. The summed E-state index contributed by atoms with van der Waals surface area (Å²) in [6.07, 6.45) is 1.79. The predicted octanol–water partition coefficient (Wildman–Crippen LogP) is 5.82. The van der Waals surface area contributed by atoms with Crippen LogP contribution in [0.3, 0.4) is 0 Å². The third-order valence-corrected chi connectivity index (χ3v) is 5.60. The SMILES string of the molecule is C=CCn1c(=NC(=O)c2ccccc2Oc2ccccc2)sc2cc(OCC)ccc21. The zero-order chi connectivity index (χ0) is 21.6. The lowest BCUT2D eigenvalue weighted by Crippen LogP contribution is -2.16. The first-order chi connectivity index (χ1) is 15.2. The minimum absolute atomic E-state index is 0.360. The normalized spacial score (nSPS) is 11.5. The molecule has 31 heavy (non-hydrogen) atoms. The fourth-order valence-electron chi connectivity index (χ4n) is 3.20. The summed E-state index contributed by atoms with van der Waals surface area (Å²) in [7, 11) is 0. The molecular weight excluding hydrogens is 408 g/mol. The van der Waals surface area contributed by atoms with E-state index in [1.54, 1.807) is 24.3 Å². The topological polar surface area (TPSA) is 52.8 Å². The lowest BCUT2D eigenvalue weighted by atomic mass is 10.2. The van der Waals surface area contributed by atoms with Gasteiger partial charge in [0.25, 0.3) is 5.91 Å². The van der Waals surface area contributed by atoms with Gasteiger partial charge in [-0.1, -0.05) is 47.7 Å². The highest BCUT2D eigenvalue weighted by molar-refractivity contribution is 7.16. The highest BCUT2D eigenvalue weighted by atomic mass is 32.1. The highest BCUT2D eigenvalue weighted by Gasteiger charge is 2.14. The molecule has 0 radical (unpaired) electrons. The molecule has 0 aliphatic heterocycles. The zero-order valence-electron chi connectivity index (χ0n) is 17.2. The van der Waals surface area contributed by atoms with Crippen LogP contribution in [0, 0.1) is 0 Å². The molecule has 4 aromatic rings. The summed E-state index contributed by atoms with van der Waals surface area (Å²) in [6.45, 7) is 6.93. The van der Waals surface area contributed by atoms with Crippen LogP contribution in [0.2, 0.25) is 0 Å². The van der Waals surface area contributed by atoms with Gasteiger partial charge in [-0.2, -0.15) is 4.99 Å². The number of hydrogen-bond donors (Lipinski definition) is 0. The Morgan fingerprint density at radius 2 is 1.84 bits per heavy atom. The molecule has 0 unspecified atom stereocenters. The third kappa shape index (κ3) is 4.59. The van der Waals surface area contributed by atoms with E-state index in [1.165, 1.54) is 11.3 Å². The van der Waals surface area contributed by atoms with Crippen LogP contribution >= 0.6 is 11.3 Å². The maximum atomic E-state index is 13.1. The van der Waals surface area contributed by atoms with Crippen molar-refractivity contribution in [2.75, 3.05) is 6.61 Å². The molecule has 6 heteroatoms. The number of ether oxygens (including phenoxy) is 2. The average molecular weight is 431 g/mol. The first kappa shape index (κ1) is 20.6. The van der Waals surface area contributed by atoms with Crippen molar-refractivity contribution in [1.82, 2.24) is 4.57 Å². The number of hydrogen-bond acceptors (Lipinski definition) is 4. The minimum Gasteiger partial charge on any atom is -0.494 e. The molecule has 3 aromatic carbocycles. The van der Waals surface area contributed by atoms with E-state index in [0.29, 0.717) is 35.0 Å². The van der Waals surface area contributed by atoms with Crippen molar-refractivity contribution < 1.29 is 14.3 Å². The molecule has 0 saturated heterocycles. The molecule has 0 fully saturated rings. The van der Waals surface area contributed by atoms with Crippen molar-refractivity contribution in [3.8, 4) is 17.2 Å². The third-order valence-electron chi connectivity index (χ3n) is 4.56. The van der Waals surface area contributed by atoms with E-state index in [2.05, 4.69) is 11.6 Å². The summed E-state index contributed by atoms with van der Waals surface area (Å²) in [5.74, 6) is 1.56. The number of para-hydroxylation sites is 2. The van der Waals surface area contributed by atoms with E-state index in [9.17, 15) is 4.79 Å². The van der Waals surface area contributed by atoms with Crippen LogP contribution < -0.4 is 14.3 Å². The van der Waals surface area contributed by atoms with Crippen LogP contribution in [-0.2, 0) is 6.54 Å². The highest BCUT2D eigenvalue weighted by Crippen LogP contribution is 2.26. The number of aromatic nitrogens is 1. The second-order valence-corrected chi connectivity index (χ2v) is 7.68. The van der Waals surface area contributed by atoms with Crippen LogP contribution in [0.5, 0.6) is 17.2 Å². The Labute approximate surface area is 184 Å². The molecule has 0 bridgehead atoms. The molecule has 1 heterocycles. The van der Waals surface area contributed by atoms with Crippen LogP contribution in [-0.4, -0.2) is 17.1 Å². The van der Waals surface area contributed by atoms with Crippen molar-refractivity contribution >= 4 is 27.5 Å². The molecule has 0 aliphatic carbocycles. The second kappa shape index (κ2) is 9.45. The van der Waals surface area contributed by atoms with E-state index in [1.807, 2.05) is 66.1 Å². The van der Waals surface area contributed by atoms with Gasteiger partial charge in [0.05, 0.1) is 22.4 Å². The van der Waals surface area contributed by atoms with Gasteiger partial charge in [0.2, 0.25) is 0 Å². The van der Waals surface area contributed by atoms with Crippen LogP contribution in [0.1, 0.15) is 17.3 Å². The summed E-state index contributed by atoms with van der Waals surface area (Å²) in [6, 6.07) is 22.4. The van der Waals surface area contributed by atoms with Crippen LogP contribution in [0.4, 0.5) is 0 Å². The molecule has 4 rings (SSSR count). The van der Waals surface area contributed by atoms with Crippen molar-refractivity contribution in [3.05, 3.63) is 95.8 Å². The second-order valence-electron chi connectivity index (χ2n) is 6.67. The number of thiazole rings is 1. The number of fused-ring (bicyclic) bond motifs is 1. The summed E-state index contributed by atoms with van der Waals surface area (Å²) >= 11 is 1.44. The molecule has 156 valence electrons. The van der Waals surface area contributed by atoms with Gasteiger partial charge in [-0.3, -0.25) is 4.79 Å². The molecule has 0 saturated carbocycles. The summed E-state index contributed by atoms with van der Waals surface area (Å²) < 4.78 is 14.5. The molecular formula is C25H22N2O3S. The molecule has 0 aliphatic rings. The monoisotopic (exact) mass is 430 g/mol. The number of benzene rings is 3. The van der Waals surface area contributed by atoms with Gasteiger partial charge in [-0.15, -0.1) is 6.58 Å². The number of carbonyl (C=O) groups is 1. The Hall–Kier alpha value is -3.64. The lowest BCUT2D eigenvalue weighted by molar-refractivity contribution is 0.0995. The summed E-state index contributed by atoms with van der Waals surface area (Å²) in [4.78, 5) is 18.2. The first-order valence-corrected chi connectivity index (χ1v) is 10.8.